The number of carbonyl (C=O) groups excluding carboxylic acids is 1. The van der Waals surface area contributed by atoms with Gasteiger partial charge in [0.05, 0.1) is 22.1 Å². The first-order valence-corrected chi connectivity index (χ1v) is 8.21. The third kappa shape index (κ3) is 3.13. The van der Waals surface area contributed by atoms with Crippen LogP contribution in [0.25, 0.3) is 0 Å². The Labute approximate surface area is 131 Å². The minimum Gasteiger partial charge on any atom is -0.378 e. The summed E-state index contributed by atoms with van der Waals surface area (Å²) in [6, 6.07) is 3.82. The van der Waals surface area contributed by atoms with E-state index in [9.17, 15) is 4.79 Å². The Morgan fingerprint density at radius 1 is 1.50 bits per heavy atom. The van der Waals surface area contributed by atoms with Gasteiger partial charge in [-0.1, -0.05) is 11.6 Å². The van der Waals surface area contributed by atoms with Gasteiger partial charge in [0, 0.05) is 18.5 Å². The van der Waals surface area contributed by atoms with Crippen LogP contribution < -0.4 is 5.32 Å². The number of carbonyl (C=O) groups is 1. The summed E-state index contributed by atoms with van der Waals surface area (Å²) < 4.78 is 4.99. The van der Waals surface area contributed by atoms with Gasteiger partial charge in [0.25, 0.3) is 5.91 Å². The minimum atomic E-state index is 0.00706. The second-order valence-electron chi connectivity index (χ2n) is 4.25. The summed E-state index contributed by atoms with van der Waals surface area (Å²) >= 11 is 8.75. The van der Waals surface area contributed by atoms with Gasteiger partial charge >= 0.3 is 0 Å². The fourth-order valence-corrected chi connectivity index (χ4v) is 3.74. The Morgan fingerprint density at radius 3 is 2.80 bits per heavy atom. The molecule has 0 atom stereocenters. The van der Waals surface area contributed by atoms with Crippen molar-refractivity contribution in [2.45, 2.75) is 20.4 Å². The van der Waals surface area contributed by atoms with Crippen LogP contribution in [-0.4, -0.2) is 28.8 Å². The van der Waals surface area contributed by atoms with Crippen LogP contribution in [0, 0.1) is 6.92 Å². The largest absolute Gasteiger partial charge is 0.378 e. The van der Waals surface area contributed by atoms with Crippen LogP contribution in [0.15, 0.2) is 12.1 Å². The van der Waals surface area contributed by atoms with E-state index in [1.807, 2.05) is 26.0 Å². The smallest absolute Gasteiger partial charge is 0.259 e. The first-order valence-electron chi connectivity index (χ1n) is 6.24. The molecular formula is C13H16ClN3OS2. The number of rotatable bonds is 5. The quantitative estimate of drug-likeness (QED) is 0.905. The van der Waals surface area contributed by atoms with Gasteiger partial charge in [-0.05, 0) is 37.5 Å². The highest BCUT2D eigenvalue weighted by molar-refractivity contribution is 7.16. The lowest BCUT2D eigenvalue weighted by atomic mass is 10.2. The Bertz CT molecular complexity index is 609. The van der Waals surface area contributed by atoms with E-state index in [1.54, 1.807) is 11.9 Å². The maximum Gasteiger partial charge on any atom is 0.259 e. The van der Waals surface area contributed by atoms with Gasteiger partial charge in [-0.2, -0.15) is 4.37 Å². The van der Waals surface area contributed by atoms with Gasteiger partial charge in [-0.25, -0.2) is 0 Å². The summed E-state index contributed by atoms with van der Waals surface area (Å²) in [6.45, 7) is 5.06. The fraction of sp³-hybridized carbons (Fsp3) is 0.385. The van der Waals surface area contributed by atoms with Crippen LogP contribution in [0.4, 0.5) is 5.00 Å². The van der Waals surface area contributed by atoms with Crippen molar-refractivity contribution in [1.29, 1.82) is 0 Å². The van der Waals surface area contributed by atoms with Crippen LogP contribution >= 0.6 is 34.5 Å². The molecule has 0 saturated heterocycles. The monoisotopic (exact) mass is 329 g/mol. The normalized spacial score (nSPS) is 10.6. The molecule has 0 aromatic carbocycles. The Hall–Kier alpha value is -1.11. The lowest BCUT2D eigenvalue weighted by Crippen LogP contribution is -2.30. The summed E-state index contributed by atoms with van der Waals surface area (Å²) in [4.78, 5) is 15.6. The highest BCUT2D eigenvalue weighted by Gasteiger charge is 2.22. The van der Waals surface area contributed by atoms with E-state index < -0.39 is 0 Å². The maximum absolute atomic E-state index is 12.7. The van der Waals surface area contributed by atoms with Gasteiger partial charge in [-0.3, -0.25) is 4.79 Å². The molecule has 2 aromatic heterocycles. The SMILES string of the molecule is CCN(Cc1ccc(Cl)s1)C(=O)c1c(C)nsc1NC. The van der Waals surface area contributed by atoms with E-state index in [2.05, 4.69) is 9.69 Å². The third-order valence-corrected chi connectivity index (χ3v) is 5.12. The molecule has 1 N–H and O–H groups in total. The third-order valence-electron chi connectivity index (χ3n) is 2.95. The van der Waals surface area contributed by atoms with Crippen LogP contribution in [0.3, 0.4) is 0 Å². The van der Waals surface area contributed by atoms with E-state index in [1.165, 1.54) is 22.9 Å². The summed E-state index contributed by atoms with van der Waals surface area (Å²) in [5.41, 5.74) is 1.44. The molecule has 1 amide bonds. The highest BCUT2D eigenvalue weighted by atomic mass is 35.5. The molecule has 2 aromatic rings. The van der Waals surface area contributed by atoms with Crippen molar-refractivity contribution in [2.24, 2.45) is 0 Å². The summed E-state index contributed by atoms with van der Waals surface area (Å²) in [5.74, 6) is 0.00706. The molecular weight excluding hydrogens is 314 g/mol. The van der Waals surface area contributed by atoms with Crippen molar-refractivity contribution in [2.75, 3.05) is 18.9 Å². The van der Waals surface area contributed by atoms with E-state index in [-0.39, 0.29) is 5.91 Å². The minimum absolute atomic E-state index is 0.00706. The Balaban J connectivity index is 2.22. The first-order chi connectivity index (χ1) is 9.56. The van der Waals surface area contributed by atoms with E-state index in [4.69, 9.17) is 11.6 Å². The van der Waals surface area contributed by atoms with E-state index >= 15 is 0 Å². The summed E-state index contributed by atoms with van der Waals surface area (Å²) in [5, 5.41) is 3.85. The molecule has 20 heavy (non-hydrogen) atoms. The number of anilines is 1. The van der Waals surface area contributed by atoms with Crippen LogP contribution in [-0.2, 0) is 6.54 Å². The highest BCUT2D eigenvalue weighted by Crippen LogP contribution is 2.27. The number of hydrogen-bond acceptors (Lipinski definition) is 5. The van der Waals surface area contributed by atoms with Gasteiger partial charge in [-0.15, -0.1) is 11.3 Å². The zero-order chi connectivity index (χ0) is 14.7. The van der Waals surface area contributed by atoms with E-state index in [0.717, 1.165) is 19.9 Å². The van der Waals surface area contributed by atoms with Gasteiger partial charge in [0.15, 0.2) is 0 Å². The Morgan fingerprint density at radius 2 is 2.25 bits per heavy atom. The molecule has 2 heterocycles. The van der Waals surface area contributed by atoms with Crippen molar-refractivity contribution >= 4 is 45.4 Å². The molecule has 0 radical (unpaired) electrons. The molecule has 0 spiro atoms. The molecule has 0 unspecified atom stereocenters. The molecule has 0 fully saturated rings. The lowest BCUT2D eigenvalue weighted by Gasteiger charge is -2.20. The molecule has 108 valence electrons. The molecule has 2 rings (SSSR count). The van der Waals surface area contributed by atoms with Crippen LogP contribution in [0.1, 0.15) is 27.9 Å². The predicted molar refractivity (Wildman–Crippen MR) is 86.1 cm³/mol. The number of nitrogens with zero attached hydrogens (tertiary/aromatic N) is 2. The van der Waals surface area contributed by atoms with Crippen molar-refractivity contribution in [3.05, 3.63) is 32.6 Å². The molecule has 0 aliphatic carbocycles. The molecule has 0 bridgehead atoms. The van der Waals surface area contributed by atoms with Crippen molar-refractivity contribution in [3.8, 4) is 0 Å². The summed E-state index contributed by atoms with van der Waals surface area (Å²) in [7, 11) is 1.80. The lowest BCUT2D eigenvalue weighted by molar-refractivity contribution is 0.0754. The second-order valence-corrected chi connectivity index (χ2v) is 6.82. The standard InChI is InChI=1S/C13H16ClN3OS2/c1-4-17(7-9-5-6-10(14)19-9)13(18)11-8(2)16-20-12(11)15-3/h5-6,15H,4,7H2,1-3H3. The number of amides is 1. The van der Waals surface area contributed by atoms with E-state index in [0.29, 0.717) is 18.7 Å². The van der Waals surface area contributed by atoms with Crippen LogP contribution in [0.2, 0.25) is 4.34 Å². The van der Waals surface area contributed by atoms with Gasteiger partial charge in [0.1, 0.15) is 5.00 Å². The number of halogens is 1. The average molecular weight is 330 g/mol. The Kier molecular flexibility index (Phi) is 5.01. The fourth-order valence-electron chi connectivity index (χ4n) is 1.90. The number of thiophene rings is 1. The maximum atomic E-state index is 12.7. The number of hydrogen-bond donors (Lipinski definition) is 1. The molecule has 0 aliphatic heterocycles. The topological polar surface area (TPSA) is 45.2 Å². The second kappa shape index (κ2) is 6.56. The van der Waals surface area contributed by atoms with Crippen molar-refractivity contribution in [3.63, 3.8) is 0 Å². The number of aromatic nitrogens is 1. The zero-order valence-electron chi connectivity index (χ0n) is 11.6. The summed E-state index contributed by atoms with van der Waals surface area (Å²) in [6.07, 6.45) is 0. The average Bonchev–Trinajstić information content (AvgIpc) is 3.01. The predicted octanol–water partition coefficient (Wildman–Crippen LogP) is 3.87. The van der Waals surface area contributed by atoms with Crippen molar-refractivity contribution in [1.82, 2.24) is 9.27 Å². The van der Waals surface area contributed by atoms with Crippen molar-refractivity contribution < 1.29 is 4.79 Å². The number of aryl methyl sites for hydroxylation is 1. The van der Waals surface area contributed by atoms with Crippen LogP contribution in [0.5, 0.6) is 0 Å². The molecule has 0 aliphatic rings. The zero-order valence-corrected chi connectivity index (χ0v) is 14.0. The first kappa shape index (κ1) is 15.3. The van der Waals surface area contributed by atoms with Gasteiger partial charge in [0.2, 0.25) is 0 Å². The number of nitrogens with one attached hydrogen (secondary N) is 1. The molecule has 0 saturated carbocycles. The molecule has 7 heteroatoms. The van der Waals surface area contributed by atoms with Gasteiger partial charge < -0.3 is 10.2 Å². The molecule has 4 nitrogen and oxygen atoms in total.